The molecule has 0 radical (unpaired) electrons. The molecule has 13 heavy (non-hydrogen) atoms. The van der Waals surface area contributed by atoms with E-state index in [1.807, 2.05) is 0 Å². The number of hydrogen-bond acceptors (Lipinski definition) is 3. The molecular formula is C8H13NO3S. The Hall–Kier alpha value is -0.840. The van der Waals surface area contributed by atoms with Gasteiger partial charge in [-0.25, -0.2) is 8.42 Å². The van der Waals surface area contributed by atoms with E-state index in [0.29, 0.717) is 6.42 Å². The first-order valence-corrected chi connectivity index (χ1v) is 5.88. The molecule has 0 saturated carbocycles. The van der Waals surface area contributed by atoms with Crippen LogP contribution in [0.1, 0.15) is 6.42 Å². The van der Waals surface area contributed by atoms with Gasteiger partial charge in [0.15, 0.2) is 9.84 Å². The Morgan fingerprint density at radius 3 is 2.62 bits per heavy atom. The van der Waals surface area contributed by atoms with Gasteiger partial charge in [-0.05, 0) is 12.5 Å². The quantitative estimate of drug-likeness (QED) is 0.585. The van der Waals surface area contributed by atoms with Crippen molar-refractivity contribution in [3.63, 3.8) is 0 Å². The highest BCUT2D eigenvalue weighted by molar-refractivity contribution is 7.91. The molecule has 1 unspecified atom stereocenters. The zero-order valence-corrected chi connectivity index (χ0v) is 8.38. The number of nitrogens with zero attached hydrogens (tertiary/aromatic N) is 1. The van der Waals surface area contributed by atoms with Crippen molar-refractivity contribution >= 4 is 15.7 Å². The standard InChI is InChI=1S/C8H13NO3S/c1-3-8(10)9(2)7-4-5-13(11,12)6-7/h3,7H,1,4-6H2,2H3. The second kappa shape index (κ2) is 3.49. The minimum Gasteiger partial charge on any atom is -0.338 e. The molecule has 4 nitrogen and oxygen atoms in total. The molecule has 0 aromatic heterocycles. The summed E-state index contributed by atoms with van der Waals surface area (Å²) in [7, 11) is -1.30. The lowest BCUT2D eigenvalue weighted by Crippen LogP contribution is -2.36. The normalized spacial score (nSPS) is 25.5. The van der Waals surface area contributed by atoms with Gasteiger partial charge in [-0.15, -0.1) is 0 Å². The largest absolute Gasteiger partial charge is 0.338 e. The summed E-state index contributed by atoms with van der Waals surface area (Å²) >= 11 is 0. The maximum Gasteiger partial charge on any atom is 0.245 e. The summed E-state index contributed by atoms with van der Waals surface area (Å²) < 4.78 is 22.2. The third kappa shape index (κ3) is 2.30. The number of amides is 1. The highest BCUT2D eigenvalue weighted by Crippen LogP contribution is 2.16. The first-order chi connectivity index (χ1) is 5.96. The SMILES string of the molecule is C=CC(=O)N(C)C1CCS(=O)(=O)C1. The molecule has 1 atom stereocenters. The molecule has 1 amide bonds. The van der Waals surface area contributed by atoms with Crippen LogP contribution in [0.2, 0.25) is 0 Å². The number of sulfone groups is 1. The predicted molar refractivity (Wildman–Crippen MR) is 50.0 cm³/mol. The summed E-state index contributed by atoms with van der Waals surface area (Å²) in [6.45, 7) is 3.35. The summed E-state index contributed by atoms with van der Waals surface area (Å²) in [5.74, 6) is 0.0530. The monoisotopic (exact) mass is 203 g/mol. The molecule has 1 heterocycles. The zero-order valence-electron chi connectivity index (χ0n) is 7.56. The molecule has 1 aliphatic rings. The first-order valence-electron chi connectivity index (χ1n) is 4.06. The lowest BCUT2D eigenvalue weighted by atomic mass is 10.2. The second-order valence-corrected chi connectivity index (χ2v) is 5.44. The van der Waals surface area contributed by atoms with Gasteiger partial charge in [0.2, 0.25) is 5.91 Å². The Bertz CT molecular complexity index is 320. The molecular weight excluding hydrogens is 190 g/mol. The summed E-state index contributed by atoms with van der Waals surface area (Å²) in [6, 6.07) is -0.171. The molecule has 1 rings (SSSR count). The second-order valence-electron chi connectivity index (χ2n) is 3.21. The lowest BCUT2D eigenvalue weighted by molar-refractivity contribution is -0.126. The molecule has 0 bridgehead atoms. The van der Waals surface area contributed by atoms with Crippen molar-refractivity contribution in [2.75, 3.05) is 18.6 Å². The number of likely N-dealkylation sites (N-methyl/N-ethyl adjacent to an activating group) is 1. The fraction of sp³-hybridized carbons (Fsp3) is 0.625. The van der Waals surface area contributed by atoms with Crippen LogP contribution in [0.25, 0.3) is 0 Å². The van der Waals surface area contributed by atoms with Crippen LogP contribution in [0.15, 0.2) is 12.7 Å². The van der Waals surface area contributed by atoms with E-state index in [9.17, 15) is 13.2 Å². The summed E-state index contributed by atoms with van der Waals surface area (Å²) in [6.07, 6.45) is 1.74. The van der Waals surface area contributed by atoms with Crippen LogP contribution >= 0.6 is 0 Å². The van der Waals surface area contributed by atoms with Crippen LogP contribution in [-0.2, 0) is 14.6 Å². The van der Waals surface area contributed by atoms with Crippen LogP contribution < -0.4 is 0 Å². The van der Waals surface area contributed by atoms with Gasteiger partial charge in [0.05, 0.1) is 11.5 Å². The average molecular weight is 203 g/mol. The summed E-state index contributed by atoms with van der Waals surface area (Å²) in [4.78, 5) is 12.6. The van der Waals surface area contributed by atoms with Gasteiger partial charge in [-0.2, -0.15) is 0 Å². The number of carbonyl (C=O) groups excluding carboxylic acids is 1. The van der Waals surface area contributed by atoms with Crippen molar-refractivity contribution in [3.8, 4) is 0 Å². The Balaban J connectivity index is 2.66. The predicted octanol–water partition coefficient (Wildman–Crippen LogP) is -0.182. The van der Waals surface area contributed by atoms with Crippen LogP contribution in [-0.4, -0.2) is 43.8 Å². The van der Waals surface area contributed by atoms with Gasteiger partial charge in [-0.3, -0.25) is 4.79 Å². The molecule has 0 aliphatic carbocycles. The molecule has 74 valence electrons. The highest BCUT2D eigenvalue weighted by Gasteiger charge is 2.31. The maximum absolute atomic E-state index is 11.1. The van der Waals surface area contributed by atoms with Crippen molar-refractivity contribution in [1.82, 2.24) is 4.90 Å². The molecule has 1 saturated heterocycles. The third-order valence-electron chi connectivity index (χ3n) is 2.28. The Morgan fingerprint density at radius 2 is 2.23 bits per heavy atom. The van der Waals surface area contributed by atoms with Crippen molar-refractivity contribution in [3.05, 3.63) is 12.7 Å². The van der Waals surface area contributed by atoms with E-state index in [4.69, 9.17) is 0 Å². The molecule has 1 aliphatic heterocycles. The number of rotatable bonds is 2. The minimum absolute atomic E-state index is 0.0864. The number of carbonyl (C=O) groups is 1. The molecule has 0 aromatic carbocycles. The van der Waals surface area contributed by atoms with Crippen molar-refractivity contribution in [2.45, 2.75) is 12.5 Å². The molecule has 0 spiro atoms. The van der Waals surface area contributed by atoms with Gasteiger partial charge in [0.1, 0.15) is 0 Å². The zero-order chi connectivity index (χ0) is 10.1. The van der Waals surface area contributed by atoms with Crippen LogP contribution in [0.5, 0.6) is 0 Å². The highest BCUT2D eigenvalue weighted by atomic mass is 32.2. The van der Waals surface area contributed by atoms with E-state index in [1.54, 1.807) is 7.05 Å². The van der Waals surface area contributed by atoms with E-state index < -0.39 is 9.84 Å². The van der Waals surface area contributed by atoms with Gasteiger partial charge in [0.25, 0.3) is 0 Å². The fourth-order valence-corrected chi connectivity index (χ4v) is 3.18. The lowest BCUT2D eigenvalue weighted by Gasteiger charge is -2.21. The van der Waals surface area contributed by atoms with E-state index in [1.165, 1.54) is 11.0 Å². The maximum atomic E-state index is 11.1. The van der Waals surface area contributed by atoms with E-state index >= 15 is 0 Å². The molecule has 0 N–H and O–H groups in total. The molecule has 5 heteroatoms. The molecule has 1 fully saturated rings. The van der Waals surface area contributed by atoms with Gasteiger partial charge < -0.3 is 4.90 Å². The van der Waals surface area contributed by atoms with Crippen LogP contribution in [0.3, 0.4) is 0 Å². The Kier molecular flexibility index (Phi) is 2.75. The molecule has 0 aromatic rings. The number of hydrogen-bond donors (Lipinski definition) is 0. The van der Waals surface area contributed by atoms with Crippen molar-refractivity contribution < 1.29 is 13.2 Å². The average Bonchev–Trinajstić information content (AvgIpc) is 2.43. The van der Waals surface area contributed by atoms with E-state index in [0.717, 1.165) is 0 Å². The third-order valence-corrected chi connectivity index (χ3v) is 4.03. The summed E-state index contributed by atoms with van der Waals surface area (Å²) in [5, 5.41) is 0. The van der Waals surface area contributed by atoms with E-state index in [2.05, 4.69) is 6.58 Å². The fourth-order valence-electron chi connectivity index (χ4n) is 1.40. The van der Waals surface area contributed by atoms with Crippen molar-refractivity contribution in [2.24, 2.45) is 0 Å². The van der Waals surface area contributed by atoms with Crippen LogP contribution in [0, 0.1) is 0 Å². The van der Waals surface area contributed by atoms with Crippen LogP contribution in [0.4, 0.5) is 0 Å². The van der Waals surface area contributed by atoms with Gasteiger partial charge in [0, 0.05) is 13.1 Å². The van der Waals surface area contributed by atoms with Crippen molar-refractivity contribution in [1.29, 1.82) is 0 Å². The first kappa shape index (κ1) is 10.2. The van der Waals surface area contributed by atoms with Gasteiger partial charge >= 0.3 is 0 Å². The Labute approximate surface area is 78.1 Å². The van der Waals surface area contributed by atoms with E-state index in [-0.39, 0.29) is 23.5 Å². The van der Waals surface area contributed by atoms with Gasteiger partial charge in [-0.1, -0.05) is 6.58 Å². The summed E-state index contributed by atoms with van der Waals surface area (Å²) in [5.41, 5.74) is 0. The smallest absolute Gasteiger partial charge is 0.245 e. The topological polar surface area (TPSA) is 54.5 Å². The minimum atomic E-state index is -2.91. The Morgan fingerprint density at radius 1 is 1.62 bits per heavy atom.